The minimum atomic E-state index is 0.138. The summed E-state index contributed by atoms with van der Waals surface area (Å²) in [6.07, 6.45) is 1.66. The maximum absolute atomic E-state index is 11.9. The lowest BCUT2D eigenvalue weighted by Gasteiger charge is -2.24. The van der Waals surface area contributed by atoms with Gasteiger partial charge in [-0.3, -0.25) is 4.79 Å². The second-order valence-electron chi connectivity index (χ2n) is 3.56. The van der Waals surface area contributed by atoms with Gasteiger partial charge in [0.15, 0.2) is 0 Å². The molecule has 0 atom stereocenters. The molecular weight excluding hydrogens is 210 g/mol. The molecule has 1 aliphatic heterocycles. The molecule has 2 rings (SSSR count). The van der Waals surface area contributed by atoms with Crippen molar-refractivity contribution >= 4 is 17.2 Å². The second-order valence-corrected chi connectivity index (χ2v) is 4.64. The summed E-state index contributed by atoms with van der Waals surface area (Å²) in [5.74, 6) is 0.138. The lowest BCUT2D eigenvalue weighted by molar-refractivity contribution is 0.0753. The number of nitrogens with zero attached hydrogens (tertiary/aromatic N) is 2. The van der Waals surface area contributed by atoms with Crippen LogP contribution in [-0.2, 0) is 12.8 Å². The predicted octanol–water partition coefficient (Wildman–Crippen LogP) is 0.663. The largest absolute Gasteiger partial charge is 0.338 e. The first-order valence-corrected chi connectivity index (χ1v) is 6.05. The highest BCUT2D eigenvalue weighted by molar-refractivity contribution is 7.13. The van der Waals surface area contributed by atoms with Crippen molar-refractivity contribution in [2.24, 2.45) is 5.73 Å². The van der Waals surface area contributed by atoms with Crippen molar-refractivity contribution in [3.63, 3.8) is 0 Å². The minimum Gasteiger partial charge on any atom is -0.338 e. The van der Waals surface area contributed by atoms with Gasteiger partial charge >= 0.3 is 0 Å². The van der Waals surface area contributed by atoms with E-state index in [0.29, 0.717) is 6.54 Å². The van der Waals surface area contributed by atoms with E-state index in [9.17, 15) is 4.79 Å². The highest BCUT2D eigenvalue weighted by atomic mass is 32.1. The Labute approximate surface area is 93.1 Å². The Morgan fingerprint density at radius 1 is 1.60 bits per heavy atom. The number of hydrogen-bond acceptors (Lipinski definition) is 4. The Kier molecular flexibility index (Phi) is 3.02. The number of carbonyl (C=O) groups is 1. The Hall–Kier alpha value is -0.940. The molecule has 2 heterocycles. The molecule has 0 aliphatic carbocycles. The summed E-state index contributed by atoms with van der Waals surface area (Å²) in [5, 5.41) is 0.994. The number of hydrogen-bond donors (Lipinski definition) is 1. The Morgan fingerprint density at radius 2 is 2.40 bits per heavy atom. The number of thiazole rings is 1. The highest BCUT2D eigenvalue weighted by Crippen LogP contribution is 2.25. The van der Waals surface area contributed by atoms with Crippen LogP contribution in [0.25, 0.3) is 0 Å². The van der Waals surface area contributed by atoms with Gasteiger partial charge in [-0.1, -0.05) is 0 Å². The van der Waals surface area contributed by atoms with Crippen LogP contribution in [0.1, 0.15) is 27.3 Å². The van der Waals surface area contributed by atoms with Crippen LogP contribution in [0, 0.1) is 0 Å². The average molecular weight is 225 g/mol. The summed E-state index contributed by atoms with van der Waals surface area (Å²) in [4.78, 5) is 19.1. The summed E-state index contributed by atoms with van der Waals surface area (Å²) in [5.41, 5.74) is 6.45. The van der Waals surface area contributed by atoms with Crippen LogP contribution in [0.2, 0.25) is 0 Å². The number of aromatic nitrogens is 1. The Morgan fingerprint density at radius 3 is 3.07 bits per heavy atom. The highest BCUT2D eigenvalue weighted by Gasteiger charge is 2.26. The number of rotatable bonds is 3. The molecule has 5 heteroatoms. The van der Waals surface area contributed by atoms with Gasteiger partial charge in [-0.2, -0.15) is 0 Å². The van der Waals surface area contributed by atoms with E-state index in [2.05, 4.69) is 4.98 Å². The Bertz CT molecular complexity index is 375. The molecule has 1 aromatic heterocycles. The molecule has 15 heavy (non-hydrogen) atoms. The number of fused-ring (bicyclic) bond motifs is 1. The summed E-state index contributed by atoms with van der Waals surface area (Å²) < 4.78 is 0. The summed E-state index contributed by atoms with van der Waals surface area (Å²) >= 11 is 1.50. The van der Waals surface area contributed by atoms with E-state index in [1.54, 1.807) is 0 Å². The molecule has 0 bridgehead atoms. The van der Waals surface area contributed by atoms with Crippen molar-refractivity contribution in [1.29, 1.82) is 0 Å². The zero-order valence-corrected chi connectivity index (χ0v) is 9.64. The first-order valence-electron chi connectivity index (χ1n) is 5.24. The quantitative estimate of drug-likeness (QED) is 0.822. The van der Waals surface area contributed by atoms with Crippen molar-refractivity contribution in [3.05, 3.63) is 15.6 Å². The molecule has 0 spiro atoms. The van der Waals surface area contributed by atoms with Gasteiger partial charge in [0.05, 0.1) is 10.7 Å². The van der Waals surface area contributed by atoms with Gasteiger partial charge in [0, 0.05) is 25.9 Å². The van der Waals surface area contributed by atoms with E-state index in [1.165, 1.54) is 11.3 Å². The van der Waals surface area contributed by atoms with Gasteiger partial charge in [0.2, 0.25) is 0 Å². The minimum absolute atomic E-state index is 0.138. The van der Waals surface area contributed by atoms with E-state index in [-0.39, 0.29) is 5.91 Å². The van der Waals surface area contributed by atoms with Crippen LogP contribution in [0.4, 0.5) is 0 Å². The fourth-order valence-electron chi connectivity index (χ4n) is 1.76. The van der Waals surface area contributed by atoms with E-state index < -0.39 is 0 Å². The van der Waals surface area contributed by atoms with Crippen LogP contribution in [-0.4, -0.2) is 35.4 Å². The van der Waals surface area contributed by atoms with Crippen molar-refractivity contribution in [2.75, 3.05) is 19.6 Å². The number of amides is 1. The third-order valence-corrected chi connectivity index (χ3v) is 3.73. The Balaban J connectivity index is 2.27. The molecule has 0 unspecified atom stereocenters. The van der Waals surface area contributed by atoms with Gasteiger partial charge in [-0.15, -0.1) is 11.3 Å². The van der Waals surface area contributed by atoms with Crippen LogP contribution in [0.3, 0.4) is 0 Å². The fraction of sp³-hybridized carbons (Fsp3) is 0.600. The maximum atomic E-state index is 11.9. The standard InChI is InChI=1S/C10H15N3OS/c1-2-13-6-4-7-9(10(13)14)15-8(12-7)3-5-11/h2-6,11H2,1H3. The van der Waals surface area contributed by atoms with Crippen LogP contribution < -0.4 is 5.73 Å². The molecule has 0 radical (unpaired) electrons. The summed E-state index contributed by atoms with van der Waals surface area (Å²) in [7, 11) is 0. The normalized spacial score (nSPS) is 15.6. The molecule has 82 valence electrons. The molecular formula is C10H15N3OS. The molecule has 0 fully saturated rings. The lowest BCUT2D eigenvalue weighted by Crippen LogP contribution is -2.36. The van der Waals surface area contributed by atoms with Gasteiger partial charge < -0.3 is 10.6 Å². The molecule has 0 aromatic carbocycles. The van der Waals surface area contributed by atoms with Crippen molar-refractivity contribution < 1.29 is 4.79 Å². The number of likely N-dealkylation sites (N-methyl/N-ethyl adjacent to an activating group) is 1. The van der Waals surface area contributed by atoms with E-state index in [1.807, 2.05) is 11.8 Å². The van der Waals surface area contributed by atoms with Gasteiger partial charge in [0.1, 0.15) is 4.88 Å². The molecule has 1 aliphatic rings. The molecule has 0 saturated heterocycles. The first kappa shape index (κ1) is 10.6. The van der Waals surface area contributed by atoms with E-state index in [4.69, 9.17) is 5.73 Å². The molecule has 4 nitrogen and oxygen atoms in total. The van der Waals surface area contributed by atoms with Gasteiger partial charge in [0.25, 0.3) is 5.91 Å². The van der Waals surface area contributed by atoms with Gasteiger partial charge in [-0.25, -0.2) is 4.98 Å². The summed E-state index contributed by atoms with van der Waals surface area (Å²) in [6.45, 7) is 4.18. The smallest absolute Gasteiger partial charge is 0.265 e. The lowest BCUT2D eigenvalue weighted by atomic mass is 10.2. The van der Waals surface area contributed by atoms with E-state index >= 15 is 0 Å². The molecule has 0 saturated carbocycles. The van der Waals surface area contributed by atoms with Crippen LogP contribution in [0.5, 0.6) is 0 Å². The number of nitrogens with two attached hydrogens (primary N) is 1. The van der Waals surface area contributed by atoms with E-state index in [0.717, 1.165) is 41.5 Å². The van der Waals surface area contributed by atoms with Crippen LogP contribution >= 0.6 is 11.3 Å². The zero-order chi connectivity index (χ0) is 10.8. The summed E-state index contributed by atoms with van der Waals surface area (Å²) in [6, 6.07) is 0. The average Bonchev–Trinajstić information content (AvgIpc) is 2.63. The van der Waals surface area contributed by atoms with Crippen LogP contribution in [0.15, 0.2) is 0 Å². The van der Waals surface area contributed by atoms with Gasteiger partial charge in [-0.05, 0) is 13.5 Å². The maximum Gasteiger partial charge on any atom is 0.265 e. The molecule has 2 N–H and O–H groups in total. The van der Waals surface area contributed by atoms with Crippen molar-refractivity contribution in [2.45, 2.75) is 19.8 Å². The number of carbonyl (C=O) groups excluding carboxylic acids is 1. The third-order valence-electron chi connectivity index (χ3n) is 2.58. The predicted molar refractivity (Wildman–Crippen MR) is 60.2 cm³/mol. The third kappa shape index (κ3) is 1.89. The van der Waals surface area contributed by atoms with Crippen molar-refractivity contribution in [1.82, 2.24) is 9.88 Å². The fourth-order valence-corrected chi connectivity index (χ4v) is 2.85. The first-order chi connectivity index (χ1) is 7.26. The SMILES string of the molecule is CCN1CCc2nc(CCN)sc2C1=O. The van der Waals surface area contributed by atoms with Crippen molar-refractivity contribution in [3.8, 4) is 0 Å². The second kappa shape index (κ2) is 4.28. The molecule has 1 amide bonds. The topological polar surface area (TPSA) is 59.2 Å². The monoisotopic (exact) mass is 225 g/mol. The zero-order valence-electron chi connectivity index (χ0n) is 8.82. The molecule has 1 aromatic rings.